The highest BCUT2D eigenvalue weighted by molar-refractivity contribution is 5.88. The van der Waals surface area contributed by atoms with Crippen molar-refractivity contribution >= 4 is 11.8 Å². The first-order valence-electron chi connectivity index (χ1n) is 3.71. The Balaban J connectivity index is 2.49. The number of carbonyl (C=O) groups excluding carboxylic acids is 2. The van der Waals surface area contributed by atoms with E-state index in [-0.39, 0.29) is 23.7 Å². The van der Waals surface area contributed by atoms with Crippen molar-refractivity contribution in [2.24, 2.45) is 23.5 Å². The summed E-state index contributed by atoms with van der Waals surface area (Å²) in [6, 6.07) is 0. The average Bonchev–Trinajstić information content (AvgIpc) is 2.02. The Hall–Kier alpha value is -1.14. The number of nitrogens with one attached hydrogen (secondary N) is 2. The summed E-state index contributed by atoms with van der Waals surface area (Å²) >= 11 is 0. The van der Waals surface area contributed by atoms with Crippen LogP contribution in [0.15, 0.2) is 0 Å². The molecule has 0 unspecified atom stereocenters. The molecule has 0 heterocycles. The van der Waals surface area contributed by atoms with Crippen LogP contribution in [0.3, 0.4) is 0 Å². The molecule has 1 aliphatic carbocycles. The van der Waals surface area contributed by atoms with Gasteiger partial charge >= 0.3 is 0 Å². The lowest BCUT2D eigenvalue weighted by molar-refractivity contribution is -0.140. The number of hydrazine groups is 2. The van der Waals surface area contributed by atoms with Gasteiger partial charge in [0.2, 0.25) is 11.8 Å². The fraction of sp³-hybridized carbons (Fsp3) is 0.667. The van der Waals surface area contributed by atoms with E-state index in [0.717, 1.165) is 0 Å². The second kappa shape index (κ2) is 3.51. The smallest absolute Gasteiger partial charge is 0.237 e. The van der Waals surface area contributed by atoms with E-state index in [2.05, 4.69) is 0 Å². The molecule has 68 valence electrons. The van der Waals surface area contributed by atoms with Gasteiger partial charge in [-0.25, -0.2) is 11.7 Å². The lowest BCUT2D eigenvalue weighted by Crippen LogP contribution is -2.50. The van der Waals surface area contributed by atoms with E-state index in [1.165, 1.54) is 0 Å². The molecule has 0 aromatic carbocycles. The number of nitrogens with two attached hydrogens (primary N) is 2. The van der Waals surface area contributed by atoms with Crippen molar-refractivity contribution in [3.8, 4) is 0 Å². The Morgan fingerprint density at radius 3 is 1.50 bits per heavy atom. The molecule has 0 radical (unpaired) electrons. The highest BCUT2D eigenvalue weighted by atomic mass is 16.2. The molecule has 6 heteroatoms. The highest BCUT2D eigenvalue weighted by Crippen LogP contribution is 2.34. The van der Waals surface area contributed by atoms with Crippen molar-refractivity contribution < 1.29 is 9.59 Å². The highest BCUT2D eigenvalue weighted by Gasteiger charge is 2.40. The molecule has 6 N–H and O–H groups in total. The number of hydrogen-bond donors (Lipinski definition) is 4. The summed E-state index contributed by atoms with van der Waals surface area (Å²) in [7, 11) is 0. The van der Waals surface area contributed by atoms with Gasteiger partial charge in [0.1, 0.15) is 0 Å². The third-order valence-corrected chi connectivity index (χ3v) is 2.23. The average molecular weight is 172 g/mol. The van der Waals surface area contributed by atoms with E-state index in [4.69, 9.17) is 11.7 Å². The van der Waals surface area contributed by atoms with Gasteiger partial charge in [-0.3, -0.25) is 20.4 Å². The van der Waals surface area contributed by atoms with Gasteiger partial charge in [-0.2, -0.15) is 0 Å². The number of hydrogen-bond acceptors (Lipinski definition) is 4. The van der Waals surface area contributed by atoms with Crippen LogP contribution in [0.4, 0.5) is 0 Å². The Bertz CT molecular complexity index is 184. The predicted octanol–water partition coefficient (Wildman–Crippen LogP) is -2.01. The maximum absolute atomic E-state index is 11.0. The van der Waals surface area contributed by atoms with Gasteiger partial charge in [0.05, 0.1) is 11.8 Å². The molecular formula is C6H12N4O2. The first-order valence-corrected chi connectivity index (χ1v) is 3.71. The normalized spacial score (nSPS) is 27.2. The third kappa shape index (κ3) is 1.39. The molecule has 0 aliphatic heterocycles. The largest absolute Gasteiger partial charge is 0.294 e. The van der Waals surface area contributed by atoms with E-state index in [1.54, 1.807) is 0 Å². The van der Waals surface area contributed by atoms with Crippen molar-refractivity contribution in [1.82, 2.24) is 10.9 Å². The number of rotatable bonds is 2. The van der Waals surface area contributed by atoms with E-state index < -0.39 is 0 Å². The third-order valence-electron chi connectivity index (χ3n) is 2.23. The van der Waals surface area contributed by atoms with Crippen LogP contribution in [0.5, 0.6) is 0 Å². The van der Waals surface area contributed by atoms with Gasteiger partial charge in [-0.15, -0.1) is 0 Å². The second-order valence-corrected chi connectivity index (χ2v) is 2.81. The molecule has 12 heavy (non-hydrogen) atoms. The summed E-state index contributed by atoms with van der Waals surface area (Å²) in [5.41, 5.74) is 4.03. The van der Waals surface area contributed by atoms with Crippen molar-refractivity contribution in [3.05, 3.63) is 0 Å². The summed E-state index contributed by atoms with van der Waals surface area (Å²) in [6.07, 6.45) is 1.39. The van der Waals surface area contributed by atoms with Crippen LogP contribution >= 0.6 is 0 Å². The van der Waals surface area contributed by atoms with Crippen LogP contribution in [0.2, 0.25) is 0 Å². The maximum atomic E-state index is 11.0. The van der Waals surface area contributed by atoms with Crippen LogP contribution in [0.25, 0.3) is 0 Å². The van der Waals surface area contributed by atoms with E-state index in [0.29, 0.717) is 12.8 Å². The molecule has 1 fully saturated rings. The monoisotopic (exact) mass is 172 g/mol. The van der Waals surface area contributed by atoms with E-state index in [1.807, 2.05) is 10.9 Å². The second-order valence-electron chi connectivity index (χ2n) is 2.81. The summed E-state index contributed by atoms with van der Waals surface area (Å²) in [5.74, 6) is 8.64. The standard InChI is InChI=1S/C6H12N4O2/c7-9-5(11)3-1-2-4(3)6(12)10-8/h3-4H,1-2,7-8H2,(H,9,11)(H,10,12)/t3-,4-/m1/s1. The number of amides is 2. The van der Waals surface area contributed by atoms with E-state index >= 15 is 0 Å². The Kier molecular flexibility index (Phi) is 2.61. The van der Waals surface area contributed by atoms with Gasteiger partial charge in [0.25, 0.3) is 0 Å². The minimum absolute atomic E-state index is 0.296. The van der Waals surface area contributed by atoms with Crippen molar-refractivity contribution in [3.63, 3.8) is 0 Å². The fourth-order valence-electron chi connectivity index (χ4n) is 1.34. The molecular weight excluding hydrogens is 160 g/mol. The van der Waals surface area contributed by atoms with Crippen molar-refractivity contribution in [1.29, 1.82) is 0 Å². The zero-order valence-electron chi connectivity index (χ0n) is 6.54. The van der Waals surface area contributed by atoms with Gasteiger partial charge < -0.3 is 0 Å². The molecule has 0 aromatic rings. The Morgan fingerprint density at radius 1 is 1.00 bits per heavy atom. The van der Waals surface area contributed by atoms with Crippen LogP contribution in [-0.2, 0) is 9.59 Å². The molecule has 1 rings (SSSR count). The van der Waals surface area contributed by atoms with Crippen LogP contribution in [0.1, 0.15) is 12.8 Å². The number of carbonyl (C=O) groups is 2. The topological polar surface area (TPSA) is 110 Å². The lowest BCUT2D eigenvalue weighted by Gasteiger charge is -2.32. The first-order chi connectivity index (χ1) is 5.70. The molecule has 2 atom stereocenters. The van der Waals surface area contributed by atoms with Crippen molar-refractivity contribution in [2.75, 3.05) is 0 Å². The molecule has 6 nitrogen and oxygen atoms in total. The SMILES string of the molecule is NNC(=O)[C@@H]1CC[C@H]1C(=O)NN. The molecule has 0 saturated heterocycles. The van der Waals surface area contributed by atoms with Gasteiger partial charge in [-0.1, -0.05) is 0 Å². The predicted molar refractivity (Wildman–Crippen MR) is 40.9 cm³/mol. The minimum Gasteiger partial charge on any atom is -0.294 e. The zero-order valence-corrected chi connectivity index (χ0v) is 6.54. The molecule has 1 saturated carbocycles. The minimum atomic E-state index is -0.307. The molecule has 0 aromatic heterocycles. The summed E-state index contributed by atoms with van der Waals surface area (Å²) in [5, 5.41) is 0. The zero-order chi connectivity index (χ0) is 9.14. The lowest BCUT2D eigenvalue weighted by atomic mass is 9.73. The maximum Gasteiger partial charge on any atom is 0.237 e. The van der Waals surface area contributed by atoms with Crippen LogP contribution in [-0.4, -0.2) is 11.8 Å². The fourth-order valence-corrected chi connectivity index (χ4v) is 1.34. The molecule has 0 spiro atoms. The Labute approximate surface area is 69.6 Å². The molecule has 2 amide bonds. The Morgan fingerprint density at radius 2 is 1.33 bits per heavy atom. The summed E-state index contributed by atoms with van der Waals surface area (Å²) in [6.45, 7) is 0. The van der Waals surface area contributed by atoms with Gasteiger partial charge in [0.15, 0.2) is 0 Å². The molecule has 0 bridgehead atoms. The van der Waals surface area contributed by atoms with E-state index in [9.17, 15) is 9.59 Å². The van der Waals surface area contributed by atoms with Gasteiger partial charge in [-0.05, 0) is 12.8 Å². The van der Waals surface area contributed by atoms with Gasteiger partial charge in [0, 0.05) is 0 Å². The molecule has 1 aliphatic rings. The van der Waals surface area contributed by atoms with Crippen molar-refractivity contribution in [2.45, 2.75) is 12.8 Å². The van der Waals surface area contributed by atoms with Crippen LogP contribution in [0, 0.1) is 11.8 Å². The first kappa shape index (κ1) is 8.95. The van der Waals surface area contributed by atoms with Crippen LogP contribution < -0.4 is 22.5 Å². The quantitative estimate of drug-likeness (QED) is 0.219. The summed E-state index contributed by atoms with van der Waals surface area (Å²) < 4.78 is 0. The summed E-state index contributed by atoms with van der Waals surface area (Å²) in [4.78, 5) is 21.9.